The number of hydrazine groups is 1. The molecule has 100 valence electrons. The van der Waals surface area contributed by atoms with Gasteiger partial charge in [-0.25, -0.2) is 4.98 Å². The lowest BCUT2D eigenvalue weighted by molar-refractivity contribution is 0.0962. The lowest BCUT2D eigenvalue weighted by atomic mass is 10.2. The van der Waals surface area contributed by atoms with Crippen molar-refractivity contribution in [3.05, 3.63) is 59.1 Å². The molecule has 0 aliphatic carbocycles. The SMILES string of the molecule is O=C(NNc1nc2ccccc2s1)c1ccc(Cl)cc1. The van der Waals surface area contributed by atoms with Crippen LogP contribution in [0.2, 0.25) is 5.02 Å². The van der Waals surface area contributed by atoms with Gasteiger partial charge in [-0.3, -0.25) is 15.6 Å². The number of aromatic nitrogens is 1. The third-order valence-corrected chi connectivity index (χ3v) is 3.89. The van der Waals surface area contributed by atoms with Crippen molar-refractivity contribution in [2.24, 2.45) is 0 Å². The van der Waals surface area contributed by atoms with Crippen LogP contribution < -0.4 is 10.9 Å². The topological polar surface area (TPSA) is 54.0 Å². The molecule has 0 aliphatic rings. The van der Waals surface area contributed by atoms with Gasteiger partial charge < -0.3 is 0 Å². The van der Waals surface area contributed by atoms with Gasteiger partial charge in [-0.15, -0.1) is 0 Å². The lowest BCUT2D eigenvalue weighted by Crippen LogP contribution is -2.29. The van der Waals surface area contributed by atoms with Gasteiger partial charge in [0.2, 0.25) is 5.13 Å². The molecule has 0 aliphatic heterocycles. The van der Waals surface area contributed by atoms with Crippen molar-refractivity contribution in [3.8, 4) is 0 Å². The van der Waals surface area contributed by atoms with E-state index in [0.717, 1.165) is 10.2 Å². The highest BCUT2D eigenvalue weighted by Crippen LogP contribution is 2.24. The van der Waals surface area contributed by atoms with Crippen LogP contribution in [0.5, 0.6) is 0 Å². The van der Waals surface area contributed by atoms with Gasteiger partial charge in [-0.2, -0.15) is 0 Å². The third kappa shape index (κ3) is 2.74. The second-order valence-corrected chi connectivity index (χ2v) is 5.54. The number of thiazole rings is 1. The van der Waals surface area contributed by atoms with Crippen molar-refractivity contribution in [1.29, 1.82) is 0 Å². The van der Waals surface area contributed by atoms with Crippen LogP contribution in [0.4, 0.5) is 5.13 Å². The maximum atomic E-state index is 11.9. The first-order chi connectivity index (χ1) is 9.72. The van der Waals surface area contributed by atoms with Crippen molar-refractivity contribution < 1.29 is 4.79 Å². The van der Waals surface area contributed by atoms with Crippen molar-refractivity contribution >= 4 is 44.2 Å². The molecule has 0 radical (unpaired) electrons. The maximum Gasteiger partial charge on any atom is 0.269 e. The number of nitrogens with zero attached hydrogens (tertiary/aromatic N) is 1. The Morgan fingerprint density at radius 1 is 1.10 bits per heavy atom. The van der Waals surface area contributed by atoms with Crippen molar-refractivity contribution in [2.45, 2.75) is 0 Å². The minimum Gasteiger partial charge on any atom is -0.273 e. The highest BCUT2D eigenvalue weighted by atomic mass is 35.5. The van der Waals surface area contributed by atoms with Crippen LogP contribution in [0.3, 0.4) is 0 Å². The molecule has 1 aromatic heterocycles. The van der Waals surface area contributed by atoms with Crippen molar-refractivity contribution in [2.75, 3.05) is 5.43 Å². The summed E-state index contributed by atoms with van der Waals surface area (Å²) in [5, 5.41) is 1.24. The smallest absolute Gasteiger partial charge is 0.269 e. The molecule has 0 spiro atoms. The molecule has 0 unspecified atom stereocenters. The summed E-state index contributed by atoms with van der Waals surface area (Å²) in [6.45, 7) is 0. The van der Waals surface area contributed by atoms with E-state index in [1.54, 1.807) is 24.3 Å². The number of amides is 1. The maximum absolute atomic E-state index is 11.9. The second kappa shape index (κ2) is 5.48. The Balaban J connectivity index is 1.69. The number of carbonyl (C=O) groups is 1. The van der Waals surface area contributed by atoms with Gasteiger partial charge in [-0.1, -0.05) is 35.1 Å². The summed E-state index contributed by atoms with van der Waals surface area (Å²) < 4.78 is 1.07. The molecule has 2 N–H and O–H groups in total. The summed E-state index contributed by atoms with van der Waals surface area (Å²) in [6, 6.07) is 14.5. The van der Waals surface area contributed by atoms with E-state index in [1.165, 1.54) is 11.3 Å². The van der Waals surface area contributed by atoms with Crippen molar-refractivity contribution in [1.82, 2.24) is 10.4 Å². The number of hydrogen-bond acceptors (Lipinski definition) is 4. The largest absolute Gasteiger partial charge is 0.273 e. The first kappa shape index (κ1) is 12.9. The average molecular weight is 304 g/mol. The number of carbonyl (C=O) groups excluding carboxylic acids is 1. The summed E-state index contributed by atoms with van der Waals surface area (Å²) >= 11 is 7.26. The van der Waals surface area contributed by atoms with E-state index in [-0.39, 0.29) is 5.91 Å². The van der Waals surface area contributed by atoms with Gasteiger partial charge in [-0.05, 0) is 36.4 Å². The molecule has 20 heavy (non-hydrogen) atoms. The molecule has 1 amide bonds. The van der Waals surface area contributed by atoms with Gasteiger partial charge in [0, 0.05) is 10.6 Å². The van der Waals surface area contributed by atoms with E-state index in [4.69, 9.17) is 11.6 Å². The number of para-hydroxylation sites is 1. The number of anilines is 1. The van der Waals surface area contributed by atoms with E-state index >= 15 is 0 Å². The summed E-state index contributed by atoms with van der Waals surface area (Å²) in [5.41, 5.74) is 6.87. The standard InChI is InChI=1S/C14H10ClN3OS/c15-10-7-5-9(6-8-10)13(19)17-18-14-16-11-3-1-2-4-12(11)20-14/h1-8H,(H,16,18)(H,17,19). The first-order valence-electron chi connectivity index (χ1n) is 5.90. The molecule has 3 rings (SSSR count). The Bertz CT molecular complexity index is 721. The monoisotopic (exact) mass is 303 g/mol. The zero-order valence-electron chi connectivity index (χ0n) is 10.3. The molecule has 0 bridgehead atoms. The lowest BCUT2D eigenvalue weighted by Gasteiger charge is -2.05. The number of rotatable bonds is 3. The highest BCUT2D eigenvalue weighted by Gasteiger charge is 2.06. The molecule has 4 nitrogen and oxygen atoms in total. The molecule has 0 saturated heterocycles. The number of nitrogens with one attached hydrogen (secondary N) is 2. The molecule has 3 aromatic rings. The van der Waals surface area contributed by atoms with E-state index < -0.39 is 0 Å². The van der Waals surface area contributed by atoms with Crippen molar-refractivity contribution in [3.63, 3.8) is 0 Å². The molecular weight excluding hydrogens is 294 g/mol. The minimum atomic E-state index is -0.235. The quantitative estimate of drug-likeness (QED) is 0.725. The number of halogens is 1. The number of hydrogen-bond donors (Lipinski definition) is 2. The molecule has 2 aromatic carbocycles. The van der Waals surface area contributed by atoms with Crippen LogP contribution in [-0.2, 0) is 0 Å². The second-order valence-electron chi connectivity index (χ2n) is 4.07. The molecule has 0 saturated carbocycles. The van der Waals surface area contributed by atoms with Crippen LogP contribution in [0, 0.1) is 0 Å². The van der Waals surface area contributed by atoms with E-state index in [0.29, 0.717) is 15.7 Å². The average Bonchev–Trinajstić information content (AvgIpc) is 2.88. The fourth-order valence-electron chi connectivity index (χ4n) is 1.71. The van der Waals surface area contributed by atoms with Gasteiger partial charge in [0.15, 0.2) is 0 Å². The molecular formula is C14H10ClN3OS. The number of fused-ring (bicyclic) bond motifs is 1. The summed E-state index contributed by atoms with van der Waals surface area (Å²) in [4.78, 5) is 16.3. The summed E-state index contributed by atoms with van der Waals surface area (Å²) in [6.07, 6.45) is 0. The van der Waals surface area contributed by atoms with Gasteiger partial charge in [0.05, 0.1) is 10.2 Å². The molecule has 1 heterocycles. The van der Waals surface area contributed by atoms with Gasteiger partial charge in [0.1, 0.15) is 0 Å². The Labute approximate surface area is 124 Å². The Kier molecular flexibility index (Phi) is 3.54. The van der Waals surface area contributed by atoms with Crippen LogP contribution >= 0.6 is 22.9 Å². The van der Waals surface area contributed by atoms with Crippen LogP contribution in [0.25, 0.3) is 10.2 Å². The predicted octanol–water partition coefficient (Wildman–Crippen LogP) is 3.71. The van der Waals surface area contributed by atoms with E-state index in [1.807, 2.05) is 24.3 Å². The highest BCUT2D eigenvalue weighted by molar-refractivity contribution is 7.22. The summed E-state index contributed by atoms with van der Waals surface area (Å²) in [7, 11) is 0. The predicted molar refractivity (Wildman–Crippen MR) is 82.2 cm³/mol. The Hall–Kier alpha value is -2.11. The van der Waals surface area contributed by atoms with E-state index in [2.05, 4.69) is 15.8 Å². The third-order valence-electron chi connectivity index (χ3n) is 2.68. The van der Waals surface area contributed by atoms with E-state index in [9.17, 15) is 4.79 Å². The van der Waals surface area contributed by atoms with Gasteiger partial charge in [0.25, 0.3) is 5.91 Å². The van der Waals surface area contributed by atoms with Crippen LogP contribution in [0.1, 0.15) is 10.4 Å². The normalized spacial score (nSPS) is 10.4. The zero-order valence-corrected chi connectivity index (χ0v) is 11.8. The van der Waals surface area contributed by atoms with Crippen LogP contribution in [0.15, 0.2) is 48.5 Å². The fraction of sp³-hybridized carbons (Fsp3) is 0. The Morgan fingerprint density at radius 2 is 1.85 bits per heavy atom. The zero-order chi connectivity index (χ0) is 13.9. The minimum absolute atomic E-state index is 0.235. The fourth-order valence-corrected chi connectivity index (χ4v) is 2.65. The molecule has 0 atom stereocenters. The first-order valence-corrected chi connectivity index (χ1v) is 7.09. The van der Waals surface area contributed by atoms with Gasteiger partial charge >= 0.3 is 0 Å². The molecule has 6 heteroatoms. The summed E-state index contributed by atoms with van der Waals surface area (Å²) in [5.74, 6) is -0.235. The van der Waals surface area contributed by atoms with Crippen LogP contribution in [-0.4, -0.2) is 10.9 Å². The number of benzene rings is 2. The Morgan fingerprint density at radius 3 is 2.60 bits per heavy atom. The molecule has 0 fully saturated rings.